The molecule has 1 heterocycles. The molecule has 1 aliphatic rings. The SMILES string of the molecule is Cc1c(OCC(O)CNC(C)(C)CNc2ccc(C3=NNC(=O)CC3C)cc2)cccc1[N+](=O)[O-]. The topological polar surface area (TPSA) is 138 Å². The number of ether oxygens (including phenoxy) is 1. The third kappa shape index (κ3) is 7.24. The van der Waals surface area contributed by atoms with Crippen LogP contribution in [0.2, 0.25) is 0 Å². The van der Waals surface area contributed by atoms with Crippen molar-refractivity contribution in [1.82, 2.24) is 10.7 Å². The summed E-state index contributed by atoms with van der Waals surface area (Å²) in [4.78, 5) is 22.1. The zero-order valence-electron chi connectivity index (χ0n) is 20.5. The maximum absolute atomic E-state index is 11.4. The standard InChI is InChI=1S/C25H33N5O5/c1-16-12-23(32)28-29-24(16)18-8-10-19(11-9-18)26-15-25(3,4)27-13-20(31)14-35-22-7-5-6-21(17(22)2)30(33)34/h5-11,16,20,26-27,31H,12-15H2,1-4H3,(H,28,32). The minimum Gasteiger partial charge on any atom is -0.490 e. The fraction of sp³-hybridized carbons (Fsp3) is 0.440. The molecule has 0 fully saturated rings. The summed E-state index contributed by atoms with van der Waals surface area (Å²) < 4.78 is 5.62. The average molecular weight is 484 g/mol. The van der Waals surface area contributed by atoms with Crippen LogP contribution in [0.1, 0.15) is 38.3 Å². The van der Waals surface area contributed by atoms with Crippen LogP contribution in [0.4, 0.5) is 11.4 Å². The van der Waals surface area contributed by atoms with Gasteiger partial charge < -0.3 is 20.5 Å². The summed E-state index contributed by atoms with van der Waals surface area (Å²) in [6.45, 7) is 8.58. The number of carbonyl (C=O) groups is 1. The first-order valence-corrected chi connectivity index (χ1v) is 11.6. The van der Waals surface area contributed by atoms with E-state index < -0.39 is 11.0 Å². The highest BCUT2D eigenvalue weighted by Crippen LogP contribution is 2.27. The lowest BCUT2D eigenvalue weighted by Crippen LogP contribution is -2.49. The van der Waals surface area contributed by atoms with Crippen LogP contribution in [0, 0.1) is 23.0 Å². The molecular formula is C25H33N5O5. The van der Waals surface area contributed by atoms with Crippen LogP contribution in [0.15, 0.2) is 47.6 Å². The third-order valence-electron chi connectivity index (χ3n) is 5.87. The number of hydrazone groups is 1. The van der Waals surface area contributed by atoms with E-state index in [4.69, 9.17) is 4.74 Å². The van der Waals surface area contributed by atoms with Crippen LogP contribution in [0.5, 0.6) is 5.75 Å². The van der Waals surface area contributed by atoms with E-state index in [0.717, 1.165) is 17.0 Å². The number of aliphatic hydroxyl groups is 1. The zero-order valence-corrected chi connectivity index (χ0v) is 20.5. The summed E-state index contributed by atoms with van der Waals surface area (Å²) in [6.07, 6.45) is -0.355. The number of rotatable bonds is 11. The molecule has 0 bridgehead atoms. The second-order valence-electron chi connectivity index (χ2n) is 9.46. The van der Waals surface area contributed by atoms with E-state index in [2.05, 4.69) is 21.2 Å². The van der Waals surface area contributed by atoms with Crippen molar-refractivity contribution in [3.8, 4) is 5.75 Å². The Morgan fingerprint density at radius 1 is 1.29 bits per heavy atom. The number of anilines is 1. The number of hydrogen-bond donors (Lipinski definition) is 4. The number of benzene rings is 2. The van der Waals surface area contributed by atoms with Crippen LogP contribution in [0.25, 0.3) is 0 Å². The molecule has 1 amide bonds. The van der Waals surface area contributed by atoms with Gasteiger partial charge in [-0.1, -0.05) is 25.1 Å². The minimum absolute atomic E-state index is 0.0108. The summed E-state index contributed by atoms with van der Waals surface area (Å²) in [6, 6.07) is 12.5. The fourth-order valence-corrected chi connectivity index (χ4v) is 3.74. The second-order valence-corrected chi connectivity index (χ2v) is 9.46. The lowest BCUT2D eigenvalue weighted by molar-refractivity contribution is -0.385. The Labute approximate surface area is 204 Å². The smallest absolute Gasteiger partial charge is 0.276 e. The lowest BCUT2D eigenvalue weighted by atomic mass is 9.94. The van der Waals surface area contributed by atoms with Gasteiger partial charge in [-0.25, -0.2) is 5.43 Å². The number of nitro benzene ring substituents is 1. The molecule has 2 aromatic carbocycles. The Hall–Kier alpha value is -3.50. The summed E-state index contributed by atoms with van der Waals surface area (Å²) in [5.74, 6) is 0.394. The molecule has 0 saturated carbocycles. The number of carbonyl (C=O) groups excluding carboxylic acids is 1. The fourth-order valence-electron chi connectivity index (χ4n) is 3.74. The van der Waals surface area contributed by atoms with Crippen molar-refractivity contribution in [1.29, 1.82) is 0 Å². The maximum Gasteiger partial charge on any atom is 0.276 e. The first-order chi connectivity index (χ1) is 16.6. The van der Waals surface area contributed by atoms with E-state index in [1.165, 1.54) is 6.07 Å². The molecule has 0 aromatic heterocycles. The van der Waals surface area contributed by atoms with E-state index in [-0.39, 0.29) is 29.7 Å². The molecule has 188 valence electrons. The van der Waals surface area contributed by atoms with Gasteiger partial charge in [-0.15, -0.1) is 0 Å². The quantitative estimate of drug-likeness (QED) is 0.285. The molecule has 4 N–H and O–H groups in total. The maximum atomic E-state index is 11.4. The van der Waals surface area contributed by atoms with Crippen molar-refractivity contribution in [2.24, 2.45) is 11.0 Å². The number of β-amino-alcohol motifs (C(OH)–C–C–N with tert-alkyl or cyclic N) is 1. The van der Waals surface area contributed by atoms with Gasteiger partial charge in [0.05, 0.1) is 16.2 Å². The summed E-state index contributed by atoms with van der Waals surface area (Å²) in [5, 5.41) is 32.3. The van der Waals surface area contributed by atoms with Gasteiger partial charge in [0.1, 0.15) is 18.5 Å². The third-order valence-corrected chi connectivity index (χ3v) is 5.87. The van der Waals surface area contributed by atoms with Crippen LogP contribution >= 0.6 is 0 Å². The summed E-state index contributed by atoms with van der Waals surface area (Å²) in [5.41, 5.74) is 5.43. The minimum atomic E-state index is -0.786. The van der Waals surface area contributed by atoms with Crippen molar-refractivity contribution in [3.63, 3.8) is 0 Å². The molecule has 0 aliphatic carbocycles. The average Bonchev–Trinajstić information content (AvgIpc) is 2.81. The highest BCUT2D eigenvalue weighted by molar-refractivity contribution is 6.05. The number of nitrogens with zero attached hydrogens (tertiary/aromatic N) is 2. The van der Waals surface area contributed by atoms with Gasteiger partial charge in [0.25, 0.3) is 5.69 Å². The number of nitrogens with one attached hydrogen (secondary N) is 3. The van der Waals surface area contributed by atoms with E-state index in [1.54, 1.807) is 19.1 Å². The van der Waals surface area contributed by atoms with Crippen LogP contribution in [-0.4, -0.2) is 53.0 Å². The van der Waals surface area contributed by atoms with Crippen molar-refractivity contribution in [3.05, 3.63) is 63.7 Å². The molecule has 2 unspecified atom stereocenters. The zero-order chi connectivity index (χ0) is 25.6. The Morgan fingerprint density at radius 3 is 2.66 bits per heavy atom. The largest absolute Gasteiger partial charge is 0.490 e. The molecule has 0 spiro atoms. The van der Waals surface area contributed by atoms with Gasteiger partial charge in [-0.2, -0.15) is 5.10 Å². The molecule has 2 aromatic rings. The van der Waals surface area contributed by atoms with E-state index in [9.17, 15) is 20.0 Å². The Kier molecular flexibility index (Phi) is 8.42. The van der Waals surface area contributed by atoms with E-state index in [1.807, 2.05) is 45.0 Å². The first-order valence-electron chi connectivity index (χ1n) is 11.6. The number of nitro groups is 1. The summed E-state index contributed by atoms with van der Waals surface area (Å²) >= 11 is 0. The molecule has 3 rings (SSSR count). The monoisotopic (exact) mass is 483 g/mol. The predicted molar refractivity (Wildman–Crippen MR) is 135 cm³/mol. The van der Waals surface area contributed by atoms with Crippen molar-refractivity contribution < 1.29 is 19.6 Å². The van der Waals surface area contributed by atoms with Crippen LogP contribution in [-0.2, 0) is 4.79 Å². The first kappa shape index (κ1) is 26.1. The number of aliphatic hydroxyl groups excluding tert-OH is 1. The Morgan fingerprint density at radius 2 is 2.00 bits per heavy atom. The van der Waals surface area contributed by atoms with Crippen LogP contribution in [0.3, 0.4) is 0 Å². The number of amides is 1. The molecule has 1 aliphatic heterocycles. The van der Waals surface area contributed by atoms with Crippen molar-refractivity contribution in [2.75, 3.05) is 25.0 Å². The molecule has 35 heavy (non-hydrogen) atoms. The molecule has 10 heteroatoms. The van der Waals surface area contributed by atoms with Crippen molar-refractivity contribution in [2.45, 2.75) is 45.8 Å². The second kappa shape index (κ2) is 11.3. The normalized spacial score (nSPS) is 16.8. The molecular weight excluding hydrogens is 450 g/mol. The molecule has 2 atom stereocenters. The van der Waals surface area contributed by atoms with Gasteiger partial charge in [-0.05, 0) is 44.5 Å². The van der Waals surface area contributed by atoms with Gasteiger partial charge >= 0.3 is 0 Å². The Balaban J connectivity index is 1.46. The van der Waals surface area contributed by atoms with Gasteiger partial charge in [0.2, 0.25) is 5.91 Å². The molecule has 0 saturated heterocycles. The van der Waals surface area contributed by atoms with Gasteiger partial charge in [-0.3, -0.25) is 14.9 Å². The van der Waals surface area contributed by atoms with E-state index in [0.29, 0.717) is 30.8 Å². The lowest BCUT2D eigenvalue weighted by Gasteiger charge is -2.28. The molecule has 10 nitrogen and oxygen atoms in total. The van der Waals surface area contributed by atoms with Gasteiger partial charge in [0.15, 0.2) is 0 Å². The highest BCUT2D eigenvalue weighted by Gasteiger charge is 2.22. The van der Waals surface area contributed by atoms with Crippen LogP contribution < -0.4 is 20.8 Å². The summed E-state index contributed by atoms with van der Waals surface area (Å²) in [7, 11) is 0. The predicted octanol–water partition coefficient (Wildman–Crippen LogP) is 2.98. The molecule has 0 radical (unpaired) electrons. The highest BCUT2D eigenvalue weighted by atomic mass is 16.6. The van der Waals surface area contributed by atoms with E-state index >= 15 is 0 Å². The van der Waals surface area contributed by atoms with Crippen molar-refractivity contribution >= 4 is 23.0 Å². The number of hydrogen-bond acceptors (Lipinski definition) is 8. The Bertz CT molecular complexity index is 1080. The van der Waals surface area contributed by atoms with Gasteiger partial charge in [0, 0.05) is 42.7 Å².